The zero-order valence-corrected chi connectivity index (χ0v) is 12.9. The van der Waals surface area contributed by atoms with E-state index >= 15 is 0 Å². The summed E-state index contributed by atoms with van der Waals surface area (Å²) in [7, 11) is 1.60. The van der Waals surface area contributed by atoms with Crippen LogP contribution in [0.3, 0.4) is 0 Å². The second-order valence-electron chi connectivity index (χ2n) is 5.27. The second kappa shape index (κ2) is 6.08. The molecule has 1 aromatic heterocycles. The lowest BCUT2D eigenvalue weighted by Gasteiger charge is -2.24. The van der Waals surface area contributed by atoms with Gasteiger partial charge in [0.05, 0.1) is 11.6 Å². The third kappa shape index (κ3) is 2.88. The minimum atomic E-state index is -0.608. The molecule has 0 saturated heterocycles. The monoisotopic (exact) mass is 312 g/mol. The van der Waals surface area contributed by atoms with Gasteiger partial charge in [-0.05, 0) is 37.3 Å². The number of amides is 1. The summed E-state index contributed by atoms with van der Waals surface area (Å²) >= 11 is 0. The van der Waals surface area contributed by atoms with E-state index in [1.807, 2.05) is 0 Å². The summed E-state index contributed by atoms with van der Waals surface area (Å²) < 4.78 is 10.5. The number of fused-ring (bicyclic) bond motifs is 1. The van der Waals surface area contributed by atoms with E-state index in [9.17, 15) is 9.59 Å². The average molecular weight is 312 g/mol. The number of carbonyl (C=O) groups is 2. The van der Waals surface area contributed by atoms with E-state index in [-0.39, 0.29) is 18.5 Å². The van der Waals surface area contributed by atoms with Gasteiger partial charge in [-0.25, -0.2) is 0 Å². The fraction of sp³-hybridized carbons (Fsp3) is 0.235. The van der Waals surface area contributed by atoms with E-state index in [1.165, 1.54) is 11.1 Å². The molecule has 0 saturated carbocycles. The van der Waals surface area contributed by atoms with Crippen molar-refractivity contribution in [2.75, 3.05) is 13.8 Å². The van der Waals surface area contributed by atoms with E-state index in [2.05, 4.69) is 4.98 Å². The molecular weight excluding hydrogens is 296 g/mol. The summed E-state index contributed by atoms with van der Waals surface area (Å²) in [6.45, 7) is 1.85. The molecule has 0 bridgehead atoms. The van der Waals surface area contributed by atoms with Gasteiger partial charge in [-0.3, -0.25) is 14.6 Å². The first kappa shape index (κ1) is 15.0. The Labute approximate surface area is 133 Å². The quantitative estimate of drug-likeness (QED) is 0.809. The maximum absolute atomic E-state index is 12.6. The van der Waals surface area contributed by atoms with E-state index < -0.39 is 6.04 Å². The topological polar surface area (TPSA) is 68.7 Å². The van der Waals surface area contributed by atoms with Crippen molar-refractivity contribution in [3.63, 3.8) is 0 Å². The van der Waals surface area contributed by atoms with Gasteiger partial charge in [0.1, 0.15) is 0 Å². The number of hydrogen-bond acceptors (Lipinski definition) is 5. The van der Waals surface area contributed by atoms with Crippen molar-refractivity contribution in [3.05, 3.63) is 53.9 Å². The third-order valence-corrected chi connectivity index (χ3v) is 3.85. The Kier molecular flexibility index (Phi) is 3.97. The minimum Gasteiger partial charge on any atom is -0.454 e. The van der Waals surface area contributed by atoms with Crippen molar-refractivity contribution in [2.24, 2.45) is 0 Å². The van der Waals surface area contributed by atoms with Gasteiger partial charge in [0, 0.05) is 25.0 Å². The zero-order chi connectivity index (χ0) is 16.4. The van der Waals surface area contributed by atoms with Gasteiger partial charge in [-0.1, -0.05) is 0 Å². The molecule has 0 aliphatic carbocycles. The van der Waals surface area contributed by atoms with Crippen LogP contribution in [-0.4, -0.2) is 41.5 Å². The number of benzene rings is 1. The smallest absolute Gasteiger partial charge is 0.255 e. The van der Waals surface area contributed by atoms with E-state index in [0.717, 1.165) is 0 Å². The van der Waals surface area contributed by atoms with Crippen LogP contribution < -0.4 is 9.47 Å². The number of carbonyl (C=O) groups excluding carboxylic acids is 2. The average Bonchev–Trinajstić information content (AvgIpc) is 3.07. The van der Waals surface area contributed by atoms with Crippen molar-refractivity contribution in [2.45, 2.75) is 13.0 Å². The molecule has 3 rings (SSSR count). The van der Waals surface area contributed by atoms with Crippen molar-refractivity contribution in [1.29, 1.82) is 0 Å². The molecule has 0 radical (unpaired) electrons. The van der Waals surface area contributed by atoms with Gasteiger partial charge in [0.15, 0.2) is 17.3 Å². The molecule has 1 aromatic carbocycles. The predicted octanol–water partition coefficient (Wildman–Crippen LogP) is 2.15. The summed E-state index contributed by atoms with van der Waals surface area (Å²) in [4.78, 5) is 30.3. The molecule has 118 valence electrons. The molecule has 0 N–H and O–H groups in total. The Morgan fingerprint density at radius 3 is 2.70 bits per heavy atom. The van der Waals surface area contributed by atoms with Gasteiger partial charge in [0.25, 0.3) is 5.91 Å². The number of nitrogens with zero attached hydrogens (tertiary/aromatic N) is 2. The lowest BCUT2D eigenvalue weighted by atomic mass is 10.0. The first-order valence-corrected chi connectivity index (χ1v) is 7.19. The Balaban J connectivity index is 1.78. The van der Waals surface area contributed by atoms with Crippen LogP contribution in [0, 0.1) is 0 Å². The van der Waals surface area contributed by atoms with Crippen molar-refractivity contribution in [3.8, 4) is 11.5 Å². The van der Waals surface area contributed by atoms with Crippen molar-refractivity contribution < 1.29 is 19.1 Å². The number of rotatable bonds is 4. The van der Waals surface area contributed by atoms with Crippen LogP contribution in [0.25, 0.3) is 0 Å². The Morgan fingerprint density at radius 2 is 1.96 bits per heavy atom. The normalized spacial score (nSPS) is 13.5. The summed E-state index contributed by atoms with van der Waals surface area (Å²) in [6.07, 6.45) is 3.08. The van der Waals surface area contributed by atoms with Crippen LogP contribution in [0.4, 0.5) is 0 Å². The van der Waals surface area contributed by atoms with E-state index in [4.69, 9.17) is 9.47 Å². The van der Waals surface area contributed by atoms with Gasteiger partial charge in [-0.15, -0.1) is 0 Å². The molecule has 1 aliphatic heterocycles. The number of Topliss-reactive ketones (excluding diaryl/α,β-unsaturated/α-hetero) is 1. The zero-order valence-electron chi connectivity index (χ0n) is 12.9. The van der Waals surface area contributed by atoms with E-state index in [0.29, 0.717) is 22.6 Å². The number of ether oxygens (including phenoxy) is 2. The molecule has 23 heavy (non-hydrogen) atoms. The lowest BCUT2D eigenvalue weighted by Crippen LogP contribution is -2.40. The van der Waals surface area contributed by atoms with Crippen molar-refractivity contribution >= 4 is 11.7 Å². The highest BCUT2D eigenvalue weighted by molar-refractivity contribution is 6.04. The molecule has 2 heterocycles. The van der Waals surface area contributed by atoms with Crippen LogP contribution >= 0.6 is 0 Å². The number of pyridine rings is 1. The standard InChI is InChI=1S/C17H16N2O4/c1-11(19(2)17(21)13-4-3-7-18-9-13)16(20)12-5-6-14-15(8-12)23-10-22-14/h3-9,11H,10H2,1-2H3/t11-/m0/s1. The summed E-state index contributed by atoms with van der Waals surface area (Å²) in [6, 6.07) is 7.77. The van der Waals surface area contributed by atoms with Gasteiger partial charge in [-0.2, -0.15) is 0 Å². The Hall–Kier alpha value is -2.89. The van der Waals surface area contributed by atoms with Crippen LogP contribution in [-0.2, 0) is 0 Å². The number of ketones is 1. The van der Waals surface area contributed by atoms with Gasteiger partial charge in [0.2, 0.25) is 6.79 Å². The summed E-state index contributed by atoms with van der Waals surface area (Å²) in [5, 5.41) is 0. The number of aromatic nitrogens is 1. The molecule has 6 heteroatoms. The second-order valence-corrected chi connectivity index (χ2v) is 5.27. The van der Waals surface area contributed by atoms with Crippen LogP contribution in [0.1, 0.15) is 27.6 Å². The fourth-order valence-corrected chi connectivity index (χ4v) is 2.34. The third-order valence-electron chi connectivity index (χ3n) is 3.85. The van der Waals surface area contributed by atoms with Crippen molar-refractivity contribution in [1.82, 2.24) is 9.88 Å². The largest absolute Gasteiger partial charge is 0.454 e. The predicted molar refractivity (Wildman–Crippen MR) is 82.7 cm³/mol. The SMILES string of the molecule is C[C@@H](C(=O)c1ccc2c(c1)OCO2)N(C)C(=O)c1cccnc1. The molecule has 1 amide bonds. The maximum atomic E-state index is 12.6. The molecule has 1 atom stereocenters. The molecule has 2 aromatic rings. The molecular formula is C17H16N2O4. The van der Waals surface area contributed by atoms with Crippen LogP contribution in [0.15, 0.2) is 42.7 Å². The molecule has 0 unspecified atom stereocenters. The van der Waals surface area contributed by atoms with Gasteiger partial charge >= 0.3 is 0 Å². The highest BCUT2D eigenvalue weighted by Crippen LogP contribution is 2.33. The Bertz CT molecular complexity index is 746. The first-order chi connectivity index (χ1) is 11.1. The maximum Gasteiger partial charge on any atom is 0.255 e. The van der Waals surface area contributed by atoms with Crippen LogP contribution in [0.5, 0.6) is 11.5 Å². The number of hydrogen-bond donors (Lipinski definition) is 0. The fourth-order valence-electron chi connectivity index (χ4n) is 2.34. The summed E-state index contributed by atoms with van der Waals surface area (Å²) in [5.41, 5.74) is 0.924. The molecule has 0 spiro atoms. The number of likely N-dealkylation sites (N-methyl/N-ethyl adjacent to an activating group) is 1. The summed E-state index contributed by atoms with van der Waals surface area (Å²) in [5.74, 6) is 0.751. The first-order valence-electron chi connectivity index (χ1n) is 7.19. The Morgan fingerprint density at radius 1 is 1.17 bits per heavy atom. The molecule has 0 fully saturated rings. The van der Waals surface area contributed by atoms with Crippen LogP contribution in [0.2, 0.25) is 0 Å². The highest BCUT2D eigenvalue weighted by atomic mass is 16.7. The molecule has 1 aliphatic rings. The molecule has 6 nitrogen and oxygen atoms in total. The lowest BCUT2D eigenvalue weighted by molar-refractivity contribution is 0.0674. The van der Waals surface area contributed by atoms with Gasteiger partial charge < -0.3 is 14.4 Å². The minimum absolute atomic E-state index is 0.155. The van der Waals surface area contributed by atoms with E-state index in [1.54, 1.807) is 50.5 Å². The highest BCUT2D eigenvalue weighted by Gasteiger charge is 2.26.